The van der Waals surface area contributed by atoms with Gasteiger partial charge in [-0.25, -0.2) is 0 Å². The number of aryl methyl sites for hydroxylation is 1. The molecule has 3 rings (SSSR count). The van der Waals surface area contributed by atoms with Crippen molar-refractivity contribution < 1.29 is 4.79 Å². The van der Waals surface area contributed by atoms with Gasteiger partial charge in [-0.05, 0) is 18.6 Å². The van der Waals surface area contributed by atoms with E-state index in [1.54, 1.807) is 11.8 Å². The van der Waals surface area contributed by atoms with Crippen LogP contribution in [0.25, 0.3) is 10.9 Å². The second-order valence-corrected chi connectivity index (χ2v) is 5.97. The maximum absolute atomic E-state index is 11.7. The van der Waals surface area contributed by atoms with Gasteiger partial charge in [0, 0.05) is 67.4 Å². The molecule has 1 aliphatic heterocycles. The lowest BCUT2D eigenvalue weighted by atomic mass is 9.93. The van der Waals surface area contributed by atoms with Crippen molar-refractivity contribution in [3.05, 3.63) is 46.8 Å². The van der Waals surface area contributed by atoms with Gasteiger partial charge in [-0.15, -0.1) is 0 Å². The summed E-state index contributed by atoms with van der Waals surface area (Å²) in [7, 11) is 1.88. The van der Waals surface area contributed by atoms with E-state index in [4.69, 9.17) is 5.41 Å². The van der Waals surface area contributed by atoms with E-state index < -0.39 is 0 Å². The highest BCUT2D eigenvalue weighted by molar-refractivity contribution is 6.18. The van der Waals surface area contributed by atoms with E-state index in [0.29, 0.717) is 18.8 Å². The molecule has 0 spiro atoms. The molecule has 3 N–H and O–H groups in total. The summed E-state index contributed by atoms with van der Waals surface area (Å²) in [6, 6.07) is 6.05. The number of nitrogens with one attached hydrogen (secondary N) is 3. The van der Waals surface area contributed by atoms with Crippen LogP contribution in [0.1, 0.15) is 24.5 Å². The lowest BCUT2D eigenvalue weighted by Crippen LogP contribution is -2.39. The van der Waals surface area contributed by atoms with Crippen molar-refractivity contribution in [2.24, 2.45) is 0 Å². The number of hydrogen-bond donors (Lipinski definition) is 3. The van der Waals surface area contributed by atoms with Crippen molar-refractivity contribution in [1.82, 2.24) is 15.2 Å². The Balaban J connectivity index is 2.06. The second-order valence-electron chi connectivity index (χ2n) is 5.97. The number of carbonyl (C=O) groups excluding carboxylic acids is 1. The summed E-state index contributed by atoms with van der Waals surface area (Å²) in [5, 5.41) is 13.0. The van der Waals surface area contributed by atoms with Gasteiger partial charge in [0.2, 0.25) is 5.91 Å². The summed E-state index contributed by atoms with van der Waals surface area (Å²) in [5.74, 6) is 0.0566. The Morgan fingerprint density at radius 2 is 2.13 bits per heavy atom. The largest absolute Gasteiger partial charge is 0.391 e. The fourth-order valence-corrected chi connectivity index (χ4v) is 3.22. The van der Waals surface area contributed by atoms with E-state index in [-0.39, 0.29) is 5.91 Å². The summed E-state index contributed by atoms with van der Waals surface area (Å²) in [6.45, 7) is 4.84. The zero-order chi connectivity index (χ0) is 16.6. The highest BCUT2D eigenvalue weighted by Crippen LogP contribution is 2.26. The van der Waals surface area contributed by atoms with Crippen molar-refractivity contribution in [3.8, 4) is 0 Å². The van der Waals surface area contributed by atoms with Crippen molar-refractivity contribution in [1.29, 1.82) is 5.41 Å². The van der Waals surface area contributed by atoms with Crippen LogP contribution in [0.3, 0.4) is 0 Å². The molecule has 0 radical (unpaired) electrons. The first-order chi connectivity index (χ1) is 11.0. The molecule has 0 saturated heterocycles. The van der Waals surface area contributed by atoms with E-state index in [1.165, 1.54) is 5.56 Å². The molecule has 0 bridgehead atoms. The highest BCUT2D eigenvalue weighted by Gasteiger charge is 2.24. The van der Waals surface area contributed by atoms with E-state index in [2.05, 4.69) is 17.2 Å². The Bertz CT molecular complexity index is 816. The van der Waals surface area contributed by atoms with Gasteiger partial charge in [0.15, 0.2) is 0 Å². The quantitative estimate of drug-likeness (QED) is 0.762. The number of amides is 1. The van der Waals surface area contributed by atoms with Gasteiger partial charge in [-0.3, -0.25) is 10.2 Å². The first-order valence-electron chi connectivity index (χ1n) is 7.84. The minimum atomic E-state index is 0.0566. The molecule has 0 fully saturated rings. The summed E-state index contributed by atoms with van der Waals surface area (Å²) in [5.41, 5.74) is 5.58. The number of nitrogens with zero attached hydrogens (tertiary/aromatic N) is 1. The van der Waals surface area contributed by atoms with E-state index in [1.807, 2.05) is 31.4 Å². The molecule has 1 aromatic carbocycles. The topological polar surface area (TPSA) is 72.0 Å². The minimum Gasteiger partial charge on any atom is -0.391 e. The normalized spacial score (nSPS) is 15.2. The van der Waals surface area contributed by atoms with Crippen LogP contribution in [0.4, 0.5) is 0 Å². The van der Waals surface area contributed by atoms with Crippen molar-refractivity contribution in [2.75, 3.05) is 20.1 Å². The van der Waals surface area contributed by atoms with Gasteiger partial charge in [-0.2, -0.15) is 0 Å². The Morgan fingerprint density at radius 3 is 2.83 bits per heavy atom. The predicted octanol–water partition coefficient (Wildman–Crippen LogP) is 2.57. The van der Waals surface area contributed by atoms with Crippen LogP contribution in [0.15, 0.2) is 35.7 Å². The summed E-state index contributed by atoms with van der Waals surface area (Å²) < 4.78 is 0. The standard InChI is InChI=1S/C18H22N4O/c1-11-4-5-13(14-6-8-21-18(11)14)17(19)15-10-22(12(2)23)9-7-16(15)20-3/h4-6,8,19-21H,7,9-10H2,1-3H3. The molecule has 23 heavy (non-hydrogen) atoms. The van der Waals surface area contributed by atoms with Crippen molar-refractivity contribution >= 4 is 22.5 Å². The van der Waals surface area contributed by atoms with E-state index in [9.17, 15) is 4.79 Å². The molecule has 0 saturated carbocycles. The van der Waals surface area contributed by atoms with Crippen LogP contribution in [0, 0.1) is 12.3 Å². The van der Waals surface area contributed by atoms with E-state index >= 15 is 0 Å². The van der Waals surface area contributed by atoms with Crippen LogP contribution >= 0.6 is 0 Å². The lowest BCUT2D eigenvalue weighted by molar-refractivity contribution is -0.128. The predicted molar refractivity (Wildman–Crippen MR) is 92.8 cm³/mol. The van der Waals surface area contributed by atoms with E-state index in [0.717, 1.165) is 34.2 Å². The number of aromatic amines is 1. The average Bonchev–Trinajstić information content (AvgIpc) is 3.04. The molecule has 0 unspecified atom stereocenters. The lowest BCUT2D eigenvalue weighted by Gasteiger charge is -2.30. The Hall–Kier alpha value is -2.56. The molecular formula is C18H22N4O. The summed E-state index contributed by atoms with van der Waals surface area (Å²) >= 11 is 0. The molecule has 1 aromatic heterocycles. The minimum absolute atomic E-state index is 0.0566. The maximum atomic E-state index is 11.7. The smallest absolute Gasteiger partial charge is 0.219 e. The molecule has 5 heteroatoms. The highest BCUT2D eigenvalue weighted by atomic mass is 16.2. The van der Waals surface area contributed by atoms with Crippen LogP contribution in [0.2, 0.25) is 0 Å². The number of aromatic nitrogens is 1. The number of hydrogen-bond acceptors (Lipinski definition) is 3. The van der Waals surface area contributed by atoms with Crippen molar-refractivity contribution in [2.45, 2.75) is 20.3 Å². The van der Waals surface area contributed by atoms with Gasteiger partial charge in [0.1, 0.15) is 0 Å². The summed E-state index contributed by atoms with van der Waals surface area (Å²) in [4.78, 5) is 16.8. The van der Waals surface area contributed by atoms with Gasteiger partial charge in [0.25, 0.3) is 0 Å². The number of fused-ring (bicyclic) bond motifs is 1. The molecule has 2 aromatic rings. The molecule has 1 amide bonds. The van der Waals surface area contributed by atoms with Gasteiger partial charge in [-0.1, -0.05) is 12.1 Å². The molecule has 0 aliphatic carbocycles. The molecule has 2 heterocycles. The van der Waals surface area contributed by atoms with Gasteiger partial charge in [0.05, 0.1) is 5.71 Å². The molecular weight excluding hydrogens is 288 g/mol. The zero-order valence-corrected chi connectivity index (χ0v) is 13.8. The SMILES string of the molecule is CNC1=C(C(=N)c2ccc(C)c3[nH]ccc23)CN(C(C)=O)CC1. The fraction of sp³-hybridized carbons (Fsp3) is 0.333. The Labute approximate surface area is 135 Å². The Morgan fingerprint density at radius 1 is 1.35 bits per heavy atom. The van der Waals surface area contributed by atoms with Crippen molar-refractivity contribution in [3.63, 3.8) is 0 Å². The third kappa shape index (κ3) is 2.63. The fourth-order valence-electron chi connectivity index (χ4n) is 3.22. The Kier molecular flexibility index (Phi) is 3.94. The number of rotatable bonds is 3. The number of H-pyrrole nitrogens is 1. The molecule has 5 nitrogen and oxygen atoms in total. The van der Waals surface area contributed by atoms with Crippen LogP contribution in [-0.2, 0) is 4.79 Å². The number of carbonyl (C=O) groups is 1. The molecule has 0 atom stereocenters. The third-order valence-corrected chi connectivity index (χ3v) is 4.59. The van der Waals surface area contributed by atoms with Gasteiger partial charge < -0.3 is 15.2 Å². The molecule has 120 valence electrons. The average molecular weight is 310 g/mol. The van der Waals surface area contributed by atoms with Gasteiger partial charge >= 0.3 is 0 Å². The van der Waals surface area contributed by atoms with Crippen LogP contribution in [0.5, 0.6) is 0 Å². The first-order valence-corrected chi connectivity index (χ1v) is 7.84. The number of benzene rings is 1. The third-order valence-electron chi connectivity index (χ3n) is 4.59. The van der Waals surface area contributed by atoms with Crippen LogP contribution < -0.4 is 5.32 Å². The first kappa shape index (κ1) is 15.3. The monoisotopic (exact) mass is 310 g/mol. The molecule has 1 aliphatic rings. The second kappa shape index (κ2) is 5.91. The summed E-state index contributed by atoms with van der Waals surface area (Å²) in [6.07, 6.45) is 2.67. The van der Waals surface area contributed by atoms with Crippen LogP contribution in [-0.4, -0.2) is 41.6 Å². The maximum Gasteiger partial charge on any atom is 0.219 e. The zero-order valence-electron chi connectivity index (χ0n) is 13.8.